The predicted octanol–water partition coefficient (Wildman–Crippen LogP) is 2.86. The van der Waals surface area contributed by atoms with Gasteiger partial charge in [-0.1, -0.05) is 0 Å². The number of anilines is 2. The summed E-state index contributed by atoms with van der Waals surface area (Å²) in [6, 6.07) is 8.80. The maximum Gasteiger partial charge on any atom is 0.407 e. The molecular formula is C18H21N3O5S. The molecule has 1 aliphatic rings. The number of hydrogen-bond acceptors (Lipinski definition) is 6. The Morgan fingerprint density at radius 1 is 1.19 bits per heavy atom. The van der Waals surface area contributed by atoms with E-state index in [1.54, 1.807) is 12.1 Å². The molecule has 0 aliphatic carbocycles. The first-order chi connectivity index (χ1) is 12.7. The first-order valence-electron chi connectivity index (χ1n) is 8.33. The second-order valence-electron chi connectivity index (χ2n) is 6.50. The molecule has 0 aromatic heterocycles. The van der Waals surface area contributed by atoms with Crippen LogP contribution in [0.2, 0.25) is 0 Å². The highest BCUT2D eigenvalue weighted by Gasteiger charge is 2.32. The van der Waals surface area contributed by atoms with Crippen LogP contribution < -0.4 is 16.2 Å². The topological polar surface area (TPSA) is 136 Å². The highest BCUT2D eigenvalue weighted by molar-refractivity contribution is 7.90. The molecule has 1 saturated heterocycles. The Morgan fingerprint density at radius 3 is 2.41 bits per heavy atom. The van der Waals surface area contributed by atoms with Crippen LogP contribution in [0.25, 0.3) is 0 Å². The number of hydrogen-bond donors (Lipinski definition) is 3. The summed E-state index contributed by atoms with van der Waals surface area (Å²) in [5.41, 5.74) is 13.1. The Labute approximate surface area is 157 Å². The summed E-state index contributed by atoms with van der Waals surface area (Å²) < 4.78 is 29.1. The van der Waals surface area contributed by atoms with Gasteiger partial charge in [0.1, 0.15) is 11.5 Å². The number of rotatable bonds is 4. The van der Waals surface area contributed by atoms with E-state index in [0.29, 0.717) is 41.4 Å². The zero-order valence-electron chi connectivity index (χ0n) is 14.8. The molecule has 1 atom stereocenters. The van der Waals surface area contributed by atoms with E-state index in [4.69, 9.17) is 16.2 Å². The molecule has 144 valence electrons. The zero-order chi connectivity index (χ0) is 19.8. The molecule has 9 heteroatoms. The van der Waals surface area contributed by atoms with Crippen LogP contribution >= 0.6 is 0 Å². The van der Waals surface area contributed by atoms with Crippen molar-refractivity contribution in [2.24, 2.45) is 0 Å². The quantitative estimate of drug-likeness (QED) is 0.682. The van der Waals surface area contributed by atoms with Gasteiger partial charge in [0.15, 0.2) is 9.84 Å². The van der Waals surface area contributed by atoms with Gasteiger partial charge in [0, 0.05) is 24.4 Å². The average molecular weight is 391 g/mol. The first kappa shape index (κ1) is 18.8. The van der Waals surface area contributed by atoms with E-state index in [0.717, 1.165) is 12.7 Å². The Bertz CT molecular complexity index is 973. The molecule has 1 amide bonds. The second kappa shape index (κ2) is 6.99. The number of ether oxygens (including phenoxy) is 1. The van der Waals surface area contributed by atoms with Gasteiger partial charge in [-0.25, -0.2) is 13.2 Å². The summed E-state index contributed by atoms with van der Waals surface area (Å²) in [5.74, 6) is 0.805. The third-order valence-corrected chi connectivity index (χ3v) is 5.68. The van der Waals surface area contributed by atoms with Crippen LogP contribution in [0.15, 0.2) is 41.3 Å². The Morgan fingerprint density at radius 2 is 1.81 bits per heavy atom. The molecule has 3 rings (SSSR count). The Hall–Kier alpha value is -2.94. The van der Waals surface area contributed by atoms with Crippen molar-refractivity contribution in [3.63, 3.8) is 0 Å². The highest BCUT2D eigenvalue weighted by Crippen LogP contribution is 2.41. The van der Waals surface area contributed by atoms with Crippen molar-refractivity contribution in [1.29, 1.82) is 0 Å². The summed E-state index contributed by atoms with van der Waals surface area (Å²) in [4.78, 5) is 13.0. The van der Waals surface area contributed by atoms with Crippen molar-refractivity contribution in [2.45, 2.75) is 23.8 Å². The van der Waals surface area contributed by atoms with Crippen LogP contribution in [0.3, 0.4) is 0 Å². The van der Waals surface area contributed by atoms with Crippen LogP contribution in [-0.2, 0) is 9.84 Å². The molecular weight excluding hydrogens is 370 g/mol. The third-order valence-electron chi connectivity index (χ3n) is 4.55. The number of amides is 1. The molecule has 2 aromatic rings. The van der Waals surface area contributed by atoms with Crippen molar-refractivity contribution < 1.29 is 23.1 Å². The van der Waals surface area contributed by atoms with Gasteiger partial charge in [0.05, 0.1) is 22.3 Å². The van der Waals surface area contributed by atoms with E-state index >= 15 is 0 Å². The van der Waals surface area contributed by atoms with Gasteiger partial charge in [-0.2, -0.15) is 0 Å². The lowest BCUT2D eigenvalue weighted by Gasteiger charge is -2.24. The molecule has 0 spiro atoms. The maximum absolute atomic E-state index is 11.6. The minimum atomic E-state index is -3.31. The average Bonchev–Trinajstić information content (AvgIpc) is 3.07. The van der Waals surface area contributed by atoms with E-state index in [1.165, 1.54) is 29.2 Å². The van der Waals surface area contributed by atoms with Crippen LogP contribution in [-0.4, -0.2) is 37.3 Å². The SMILES string of the molecule is CS(=O)(=O)c1ccc(Oc2cc(N)c(N)cc2C2CCCN2C(=O)O)cc1. The van der Waals surface area contributed by atoms with Crippen molar-refractivity contribution in [3.05, 3.63) is 42.0 Å². The fourth-order valence-electron chi connectivity index (χ4n) is 3.18. The molecule has 2 aromatic carbocycles. The van der Waals surface area contributed by atoms with Crippen molar-refractivity contribution in [2.75, 3.05) is 24.3 Å². The molecule has 1 fully saturated rings. The van der Waals surface area contributed by atoms with Gasteiger partial charge in [-0.3, -0.25) is 0 Å². The number of nitrogens with two attached hydrogens (primary N) is 2. The van der Waals surface area contributed by atoms with E-state index in [2.05, 4.69) is 0 Å². The van der Waals surface area contributed by atoms with Crippen molar-refractivity contribution in [3.8, 4) is 11.5 Å². The molecule has 27 heavy (non-hydrogen) atoms. The summed E-state index contributed by atoms with van der Waals surface area (Å²) >= 11 is 0. The van der Waals surface area contributed by atoms with E-state index in [1.807, 2.05) is 0 Å². The number of likely N-dealkylation sites (tertiary alicyclic amines) is 1. The summed E-state index contributed by atoms with van der Waals surface area (Å²) in [6.07, 6.45) is 1.52. The van der Waals surface area contributed by atoms with E-state index in [-0.39, 0.29) is 10.9 Å². The normalized spacial score (nSPS) is 17.1. The molecule has 8 nitrogen and oxygen atoms in total. The van der Waals surface area contributed by atoms with Gasteiger partial charge < -0.3 is 26.2 Å². The number of carbonyl (C=O) groups is 1. The Balaban J connectivity index is 1.97. The van der Waals surface area contributed by atoms with Crippen LogP contribution in [0, 0.1) is 0 Å². The standard InChI is InChI=1S/C18H21N3O5S/c1-27(24,25)12-6-4-11(5-7-12)26-17-10-15(20)14(19)9-13(17)16-3-2-8-21(16)18(22)23/h4-7,9-10,16H,2-3,8,19-20H2,1H3,(H,22,23). The fourth-order valence-corrected chi connectivity index (χ4v) is 3.81. The van der Waals surface area contributed by atoms with Crippen LogP contribution in [0.1, 0.15) is 24.4 Å². The van der Waals surface area contributed by atoms with Crippen LogP contribution in [0.4, 0.5) is 16.2 Å². The molecule has 1 aliphatic heterocycles. The Kier molecular flexibility index (Phi) is 4.88. The lowest BCUT2D eigenvalue weighted by atomic mass is 10.0. The van der Waals surface area contributed by atoms with E-state index in [9.17, 15) is 18.3 Å². The monoisotopic (exact) mass is 391 g/mol. The summed E-state index contributed by atoms with van der Waals surface area (Å²) in [7, 11) is -3.31. The van der Waals surface area contributed by atoms with Gasteiger partial charge in [-0.05, 0) is 43.2 Å². The number of nitrogen functional groups attached to an aromatic ring is 2. The van der Waals surface area contributed by atoms with Gasteiger partial charge in [0.25, 0.3) is 0 Å². The second-order valence-corrected chi connectivity index (χ2v) is 8.51. The number of benzene rings is 2. The zero-order valence-corrected chi connectivity index (χ0v) is 15.6. The first-order valence-corrected chi connectivity index (χ1v) is 10.2. The fraction of sp³-hybridized carbons (Fsp3) is 0.278. The van der Waals surface area contributed by atoms with Gasteiger partial charge in [-0.15, -0.1) is 0 Å². The lowest BCUT2D eigenvalue weighted by molar-refractivity contribution is 0.140. The number of sulfone groups is 1. The number of carboxylic acid groups (broad SMARTS) is 1. The van der Waals surface area contributed by atoms with Crippen molar-refractivity contribution in [1.82, 2.24) is 4.90 Å². The third kappa shape index (κ3) is 3.92. The molecule has 5 N–H and O–H groups in total. The molecule has 1 unspecified atom stereocenters. The minimum Gasteiger partial charge on any atom is -0.465 e. The molecule has 0 saturated carbocycles. The minimum absolute atomic E-state index is 0.180. The smallest absolute Gasteiger partial charge is 0.407 e. The lowest BCUT2D eigenvalue weighted by Crippen LogP contribution is -2.29. The van der Waals surface area contributed by atoms with Crippen LogP contribution in [0.5, 0.6) is 11.5 Å². The summed E-state index contributed by atoms with van der Waals surface area (Å²) in [6.45, 7) is 0.437. The summed E-state index contributed by atoms with van der Waals surface area (Å²) in [5, 5.41) is 9.43. The van der Waals surface area contributed by atoms with Crippen molar-refractivity contribution >= 4 is 27.3 Å². The molecule has 0 radical (unpaired) electrons. The van der Waals surface area contributed by atoms with Gasteiger partial charge in [0.2, 0.25) is 0 Å². The molecule has 1 heterocycles. The largest absolute Gasteiger partial charge is 0.465 e. The number of nitrogens with zero attached hydrogens (tertiary/aromatic N) is 1. The molecule has 0 bridgehead atoms. The van der Waals surface area contributed by atoms with Gasteiger partial charge >= 0.3 is 6.09 Å². The predicted molar refractivity (Wildman–Crippen MR) is 102 cm³/mol. The highest BCUT2D eigenvalue weighted by atomic mass is 32.2. The van der Waals surface area contributed by atoms with E-state index < -0.39 is 15.9 Å². The maximum atomic E-state index is 11.6.